The van der Waals surface area contributed by atoms with E-state index >= 15 is 0 Å². The number of hydrogen-bond acceptors (Lipinski definition) is 4. The van der Waals surface area contributed by atoms with Gasteiger partial charge in [-0.3, -0.25) is 4.90 Å². The lowest BCUT2D eigenvalue weighted by molar-refractivity contribution is 0.268. The molecule has 0 radical (unpaired) electrons. The lowest BCUT2D eigenvalue weighted by Gasteiger charge is -2.24. The fraction of sp³-hybridized carbons (Fsp3) is 0.462. The smallest absolute Gasteiger partial charge is 0.155 e. The Balaban J connectivity index is 1.95. The van der Waals surface area contributed by atoms with E-state index in [0.717, 1.165) is 38.5 Å². The zero-order chi connectivity index (χ0) is 11.9. The molecule has 0 amide bonds. The van der Waals surface area contributed by atoms with Crippen LogP contribution in [-0.4, -0.2) is 49.7 Å². The summed E-state index contributed by atoms with van der Waals surface area (Å²) in [5.41, 5.74) is 0.713. The molecule has 1 aliphatic rings. The Kier molecular flexibility index (Phi) is 4.37. The van der Waals surface area contributed by atoms with Gasteiger partial charge in [0.1, 0.15) is 0 Å². The maximum atomic E-state index is 5.20. The van der Waals surface area contributed by atoms with Crippen molar-refractivity contribution in [1.82, 2.24) is 15.2 Å². The summed E-state index contributed by atoms with van der Waals surface area (Å²) in [6, 6.07) is 3.72. The van der Waals surface area contributed by atoms with Gasteiger partial charge in [-0.25, -0.2) is 4.98 Å². The standard InChI is InChI=1S/C13H17N3O/c1-17-13-5-2-6-15-12(13)4-3-9-16-10-7-14-8-11-16/h2,5-6,14H,7-11H2,1H3. The third kappa shape index (κ3) is 3.45. The van der Waals surface area contributed by atoms with E-state index in [1.165, 1.54) is 0 Å². The van der Waals surface area contributed by atoms with Crippen molar-refractivity contribution in [3.63, 3.8) is 0 Å². The van der Waals surface area contributed by atoms with Crippen LogP contribution < -0.4 is 10.1 Å². The van der Waals surface area contributed by atoms with Gasteiger partial charge in [0.15, 0.2) is 11.4 Å². The predicted octanol–water partition coefficient (Wildman–Crippen LogP) is 0.347. The highest BCUT2D eigenvalue weighted by atomic mass is 16.5. The van der Waals surface area contributed by atoms with Gasteiger partial charge in [-0.15, -0.1) is 0 Å². The summed E-state index contributed by atoms with van der Waals surface area (Å²) in [6.07, 6.45) is 1.73. The van der Waals surface area contributed by atoms with Gasteiger partial charge in [-0.05, 0) is 18.1 Å². The van der Waals surface area contributed by atoms with Crippen LogP contribution >= 0.6 is 0 Å². The largest absolute Gasteiger partial charge is 0.494 e. The van der Waals surface area contributed by atoms with Crippen LogP contribution in [0.4, 0.5) is 0 Å². The molecule has 1 aromatic heterocycles. The number of piperazine rings is 1. The van der Waals surface area contributed by atoms with E-state index in [2.05, 4.69) is 27.0 Å². The fourth-order valence-corrected chi connectivity index (χ4v) is 1.75. The number of nitrogens with zero attached hydrogens (tertiary/aromatic N) is 2. The monoisotopic (exact) mass is 231 g/mol. The molecule has 0 aromatic carbocycles. The van der Waals surface area contributed by atoms with Gasteiger partial charge in [0.25, 0.3) is 0 Å². The van der Waals surface area contributed by atoms with Gasteiger partial charge in [0, 0.05) is 32.4 Å². The Morgan fingerprint density at radius 1 is 1.47 bits per heavy atom. The summed E-state index contributed by atoms with van der Waals surface area (Å²) in [6.45, 7) is 5.02. The van der Waals surface area contributed by atoms with Crippen LogP contribution in [0.2, 0.25) is 0 Å². The molecule has 17 heavy (non-hydrogen) atoms. The molecule has 90 valence electrons. The molecule has 0 unspecified atom stereocenters. The van der Waals surface area contributed by atoms with Crippen molar-refractivity contribution in [1.29, 1.82) is 0 Å². The quantitative estimate of drug-likeness (QED) is 0.745. The maximum Gasteiger partial charge on any atom is 0.155 e. The number of methoxy groups -OCH3 is 1. The normalized spacial score (nSPS) is 16.1. The Morgan fingerprint density at radius 2 is 2.29 bits per heavy atom. The summed E-state index contributed by atoms with van der Waals surface area (Å²) >= 11 is 0. The molecule has 2 heterocycles. The zero-order valence-electron chi connectivity index (χ0n) is 10.1. The van der Waals surface area contributed by atoms with Gasteiger partial charge in [0.05, 0.1) is 13.7 Å². The average molecular weight is 231 g/mol. The maximum absolute atomic E-state index is 5.20. The number of pyridine rings is 1. The second-order valence-electron chi connectivity index (χ2n) is 3.88. The summed E-state index contributed by atoms with van der Waals surface area (Å²) in [7, 11) is 1.64. The van der Waals surface area contributed by atoms with Crippen LogP contribution in [0, 0.1) is 11.8 Å². The molecule has 0 atom stereocenters. The Labute approximate surface area is 102 Å². The number of aromatic nitrogens is 1. The van der Waals surface area contributed by atoms with Gasteiger partial charge in [-0.1, -0.05) is 5.92 Å². The van der Waals surface area contributed by atoms with Crippen LogP contribution in [0.15, 0.2) is 18.3 Å². The van der Waals surface area contributed by atoms with Crippen LogP contribution in [0.3, 0.4) is 0 Å². The van der Waals surface area contributed by atoms with Crippen molar-refractivity contribution in [3.8, 4) is 17.6 Å². The van der Waals surface area contributed by atoms with Crippen molar-refractivity contribution in [3.05, 3.63) is 24.0 Å². The van der Waals surface area contributed by atoms with Crippen LogP contribution in [0.1, 0.15) is 5.69 Å². The molecule has 1 aliphatic heterocycles. The first kappa shape index (κ1) is 11.9. The molecule has 1 aromatic rings. The van der Waals surface area contributed by atoms with E-state index in [1.54, 1.807) is 13.3 Å². The number of nitrogens with one attached hydrogen (secondary N) is 1. The first-order valence-electron chi connectivity index (χ1n) is 5.81. The summed E-state index contributed by atoms with van der Waals surface area (Å²) < 4.78 is 5.20. The lowest BCUT2D eigenvalue weighted by atomic mass is 10.3. The third-order valence-corrected chi connectivity index (χ3v) is 2.71. The Bertz CT molecular complexity index is 416. The summed E-state index contributed by atoms with van der Waals surface area (Å²) in [5.74, 6) is 6.95. The van der Waals surface area contributed by atoms with Crippen molar-refractivity contribution in [2.24, 2.45) is 0 Å². The molecule has 4 nitrogen and oxygen atoms in total. The van der Waals surface area contributed by atoms with Crippen LogP contribution in [0.5, 0.6) is 5.75 Å². The van der Waals surface area contributed by atoms with Gasteiger partial charge < -0.3 is 10.1 Å². The van der Waals surface area contributed by atoms with Crippen molar-refractivity contribution in [2.45, 2.75) is 0 Å². The summed E-state index contributed by atoms with van der Waals surface area (Å²) in [4.78, 5) is 6.53. The Morgan fingerprint density at radius 3 is 3.06 bits per heavy atom. The lowest BCUT2D eigenvalue weighted by Crippen LogP contribution is -2.43. The van der Waals surface area contributed by atoms with Crippen molar-refractivity contribution in [2.75, 3.05) is 39.8 Å². The second kappa shape index (κ2) is 6.24. The third-order valence-electron chi connectivity index (χ3n) is 2.71. The molecule has 0 saturated carbocycles. The molecular weight excluding hydrogens is 214 g/mol. The average Bonchev–Trinajstić information content (AvgIpc) is 2.40. The van der Waals surface area contributed by atoms with Gasteiger partial charge in [-0.2, -0.15) is 0 Å². The first-order valence-corrected chi connectivity index (χ1v) is 5.81. The van der Waals surface area contributed by atoms with Crippen molar-refractivity contribution >= 4 is 0 Å². The summed E-state index contributed by atoms with van der Waals surface area (Å²) in [5, 5.41) is 3.32. The van der Waals surface area contributed by atoms with E-state index in [0.29, 0.717) is 5.69 Å². The van der Waals surface area contributed by atoms with Gasteiger partial charge >= 0.3 is 0 Å². The number of rotatable bonds is 2. The van der Waals surface area contributed by atoms with Crippen molar-refractivity contribution < 1.29 is 4.74 Å². The zero-order valence-corrected chi connectivity index (χ0v) is 10.1. The minimum atomic E-state index is 0.713. The second-order valence-corrected chi connectivity index (χ2v) is 3.88. The number of ether oxygens (including phenoxy) is 1. The highest BCUT2D eigenvalue weighted by molar-refractivity contribution is 5.40. The molecule has 0 aliphatic carbocycles. The highest BCUT2D eigenvalue weighted by Crippen LogP contribution is 2.12. The molecule has 1 saturated heterocycles. The van der Waals surface area contributed by atoms with E-state index < -0.39 is 0 Å². The molecule has 1 N–H and O–H groups in total. The van der Waals surface area contributed by atoms with Crippen LogP contribution in [-0.2, 0) is 0 Å². The Hall–Kier alpha value is -1.57. The topological polar surface area (TPSA) is 37.4 Å². The highest BCUT2D eigenvalue weighted by Gasteiger charge is 2.06. The van der Waals surface area contributed by atoms with E-state index in [1.807, 2.05) is 12.1 Å². The predicted molar refractivity (Wildman–Crippen MR) is 67.0 cm³/mol. The molecule has 4 heteroatoms. The molecular formula is C13H17N3O. The molecule has 2 rings (SSSR count). The first-order chi connectivity index (χ1) is 8.40. The minimum Gasteiger partial charge on any atom is -0.494 e. The minimum absolute atomic E-state index is 0.713. The molecule has 1 fully saturated rings. The molecule has 0 spiro atoms. The van der Waals surface area contributed by atoms with E-state index in [4.69, 9.17) is 4.74 Å². The van der Waals surface area contributed by atoms with E-state index in [-0.39, 0.29) is 0 Å². The SMILES string of the molecule is COc1cccnc1C#CCN1CCNCC1. The molecule has 0 bridgehead atoms. The van der Waals surface area contributed by atoms with Crippen LogP contribution in [0.25, 0.3) is 0 Å². The number of hydrogen-bond donors (Lipinski definition) is 1. The van der Waals surface area contributed by atoms with E-state index in [9.17, 15) is 0 Å². The fourth-order valence-electron chi connectivity index (χ4n) is 1.75. The van der Waals surface area contributed by atoms with Gasteiger partial charge in [0.2, 0.25) is 0 Å².